The first kappa shape index (κ1) is 13.8. The Hall–Kier alpha value is -0.580. The van der Waals surface area contributed by atoms with E-state index in [-0.39, 0.29) is 18.0 Å². The number of hydrogen-bond donors (Lipinski definition) is 0. The van der Waals surface area contributed by atoms with E-state index in [0.717, 1.165) is 0 Å². The van der Waals surface area contributed by atoms with Crippen molar-refractivity contribution in [2.75, 3.05) is 0 Å². The normalized spacial score (nSPS) is 25.3. The molecule has 0 aliphatic carbocycles. The zero-order valence-corrected chi connectivity index (χ0v) is 13.2. The molecule has 1 saturated heterocycles. The second-order valence-electron chi connectivity index (χ2n) is 5.26. The van der Waals surface area contributed by atoms with Crippen molar-refractivity contribution in [3.8, 4) is 0 Å². The van der Waals surface area contributed by atoms with Crippen molar-refractivity contribution in [2.24, 2.45) is 0 Å². The molecule has 3 heteroatoms. The average molecular weight is 358 g/mol. The zero-order valence-electron chi connectivity index (χ0n) is 11.0. The highest BCUT2D eigenvalue weighted by atomic mass is 127. The van der Waals surface area contributed by atoms with Crippen molar-refractivity contribution in [1.29, 1.82) is 0 Å². The van der Waals surface area contributed by atoms with Crippen molar-refractivity contribution in [2.45, 2.75) is 49.1 Å². The van der Waals surface area contributed by atoms with Gasteiger partial charge in [0.15, 0.2) is 0 Å². The Morgan fingerprint density at radius 3 is 2.33 bits per heavy atom. The molecule has 1 aliphatic rings. The molecule has 1 heterocycles. The summed E-state index contributed by atoms with van der Waals surface area (Å²) in [6.07, 6.45) is 0.530. The van der Waals surface area contributed by atoms with Crippen LogP contribution in [0.5, 0.6) is 0 Å². The summed E-state index contributed by atoms with van der Waals surface area (Å²) in [5, 5.41) is 0. The summed E-state index contributed by atoms with van der Waals surface area (Å²) in [5.74, 6) is 0.687. The van der Waals surface area contributed by atoms with Crippen LogP contribution >= 0.6 is 22.6 Å². The number of halogens is 1. The first-order valence-corrected chi connectivity index (χ1v) is 7.67. The van der Waals surface area contributed by atoms with Crippen molar-refractivity contribution < 1.29 is 9.53 Å². The molecule has 18 heavy (non-hydrogen) atoms. The van der Waals surface area contributed by atoms with Gasteiger partial charge in [-0.2, -0.15) is 0 Å². The van der Waals surface area contributed by atoms with E-state index in [1.807, 2.05) is 0 Å². The number of rotatable bonds is 3. The molecular weight excluding hydrogens is 339 g/mol. The largest absolute Gasteiger partial charge is 0.461 e. The second kappa shape index (κ2) is 5.59. The van der Waals surface area contributed by atoms with E-state index in [4.69, 9.17) is 4.74 Å². The van der Waals surface area contributed by atoms with Gasteiger partial charge in [-0.15, -0.1) is 0 Å². The quantitative estimate of drug-likeness (QED) is 0.463. The van der Waals surface area contributed by atoms with Crippen molar-refractivity contribution in [3.63, 3.8) is 0 Å². The smallest absolute Gasteiger partial charge is 0.306 e. The van der Waals surface area contributed by atoms with Crippen LogP contribution in [0.4, 0.5) is 0 Å². The molecule has 1 aromatic carbocycles. The molecule has 1 aliphatic heterocycles. The van der Waals surface area contributed by atoms with E-state index in [1.54, 1.807) is 0 Å². The van der Waals surface area contributed by atoms with Crippen LogP contribution in [0, 0.1) is 0 Å². The maximum Gasteiger partial charge on any atom is 0.306 e. The molecule has 1 aromatic rings. The van der Waals surface area contributed by atoms with E-state index in [2.05, 4.69) is 67.6 Å². The predicted molar refractivity (Wildman–Crippen MR) is 81.3 cm³/mol. The first-order valence-electron chi connectivity index (χ1n) is 6.42. The highest BCUT2D eigenvalue weighted by Crippen LogP contribution is 2.36. The minimum atomic E-state index is -0.0681. The maximum atomic E-state index is 11.5. The molecule has 2 rings (SSSR count). The van der Waals surface area contributed by atoms with Crippen molar-refractivity contribution in [1.82, 2.24) is 0 Å². The highest BCUT2D eigenvalue weighted by molar-refractivity contribution is 14.1. The number of carbonyl (C=O) groups excluding carboxylic acids is 1. The standard InChI is InChI=1S/C15H19IO2/c1-9(2)11-4-6-12(7-5-11)13-8-14(17)18-15(13)10(3)16/h4-7,9-10,13,15H,8H2,1-3H3/t10-,13-,15-/m0/s1. The van der Waals surface area contributed by atoms with Gasteiger partial charge in [-0.1, -0.05) is 60.7 Å². The molecule has 0 unspecified atom stereocenters. The number of ether oxygens (including phenoxy) is 1. The number of cyclic esters (lactones) is 1. The van der Waals surface area contributed by atoms with Gasteiger partial charge in [0.25, 0.3) is 0 Å². The van der Waals surface area contributed by atoms with E-state index in [9.17, 15) is 4.79 Å². The monoisotopic (exact) mass is 358 g/mol. The van der Waals surface area contributed by atoms with Gasteiger partial charge in [0.05, 0.1) is 6.42 Å². The van der Waals surface area contributed by atoms with E-state index in [0.29, 0.717) is 16.3 Å². The highest BCUT2D eigenvalue weighted by Gasteiger charge is 2.38. The van der Waals surface area contributed by atoms with Gasteiger partial charge < -0.3 is 4.74 Å². The molecule has 0 saturated carbocycles. The maximum absolute atomic E-state index is 11.5. The minimum absolute atomic E-state index is 0.0167. The number of esters is 1. The molecule has 0 bridgehead atoms. The summed E-state index contributed by atoms with van der Waals surface area (Å²) in [4.78, 5) is 11.5. The summed E-state index contributed by atoms with van der Waals surface area (Å²) >= 11 is 2.34. The fourth-order valence-corrected chi connectivity index (χ4v) is 3.08. The van der Waals surface area contributed by atoms with Gasteiger partial charge in [0, 0.05) is 9.84 Å². The van der Waals surface area contributed by atoms with Gasteiger partial charge >= 0.3 is 5.97 Å². The van der Waals surface area contributed by atoms with Crippen LogP contribution in [0.3, 0.4) is 0 Å². The summed E-state index contributed by atoms with van der Waals surface area (Å²) < 4.78 is 5.76. The van der Waals surface area contributed by atoms with Crippen LogP contribution in [0.25, 0.3) is 0 Å². The minimum Gasteiger partial charge on any atom is -0.461 e. The number of carbonyl (C=O) groups is 1. The summed E-state index contributed by atoms with van der Waals surface area (Å²) in [5.41, 5.74) is 2.56. The van der Waals surface area contributed by atoms with E-state index >= 15 is 0 Å². The SMILES string of the molecule is CC(C)c1ccc([C@@H]2CC(=O)O[C@H]2[C@H](C)I)cc1. The lowest BCUT2D eigenvalue weighted by Crippen LogP contribution is -2.23. The van der Waals surface area contributed by atoms with Crippen molar-refractivity contribution in [3.05, 3.63) is 35.4 Å². The van der Waals surface area contributed by atoms with Gasteiger partial charge in [0.1, 0.15) is 6.10 Å². The van der Waals surface area contributed by atoms with Gasteiger partial charge in [-0.05, 0) is 24.0 Å². The number of hydrogen-bond acceptors (Lipinski definition) is 2. The molecule has 0 aromatic heterocycles. The molecule has 98 valence electrons. The van der Waals surface area contributed by atoms with Gasteiger partial charge in [-0.3, -0.25) is 4.79 Å². The third-order valence-corrected chi connectivity index (χ3v) is 4.24. The Bertz CT molecular complexity index is 423. The van der Waals surface area contributed by atoms with E-state index < -0.39 is 0 Å². The van der Waals surface area contributed by atoms with Crippen molar-refractivity contribution >= 4 is 28.6 Å². The predicted octanol–water partition coefficient (Wildman–Crippen LogP) is 4.03. The molecule has 0 amide bonds. The Labute approximate surface area is 122 Å². The lowest BCUT2D eigenvalue weighted by molar-refractivity contribution is -0.141. The average Bonchev–Trinajstić information content (AvgIpc) is 2.71. The molecule has 0 radical (unpaired) electrons. The van der Waals surface area contributed by atoms with Crippen LogP contribution in [0.1, 0.15) is 50.2 Å². The Morgan fingerprint density at radius 2 is 1.83 bits per heavy atom. The number of alkyl halides is 1. The van der Waals surface area contributed by atoms with Crippen LogP contribution in [-0.4, -0.2) is 16.0 Å². The molecule has 0 spiro atoms. The number of benzene rings is 1. The Kier molecular flexibility index (Phi) is 4.30. The third kappa shape index (κ3) is 2.87. The van der Waals surface area contributed by atoms with Crippen LogP contribution in [0.15, 0.2) is 24.3 Å². The van der Waals surface area contributed by atoms with Gasteiger partial charge in [-0.25, -0.2) is 0 Å². The van der Waals surface area contributed by atoms with E-state index in [1.165, 1.54) is 11.1 Å². The fraction of sp³-hybridized carbons (Fsp3) is 0.533. The second-order valence-corrected chi connectivity index (χ2v) is 7.23. The summed E-state index contributed by atoms with van der Waals surface area (Å²) in [7, 11) is 0. The van der Waals surface area contributed by atoms with Crippen LogP contribution in [0.2, 0.25) is 0 Å². The zero-order chi connectivity index (χ0) is 13.3. The summed E-state index contributed by atoms with van der Waals surface area (Å²) in [6.45, 7) is 6.47. The molecule has 3 atom stereocenters. The first-order chi connectivity index (χ1) is 8.49. The lowest BCUT2D eigenvalue weighted by Gasteiger charge is -2.20. The van der Waals surface area contributed by atoms with Crippen LogP contribution < -0.4 is 0 Å². The Balaban J connectivity index is 2.22. The molecule has 2 nitrogen and oxygen atoms in total. The topological polar surface area (TPSA) is 26.3 Å². The third-order valence-electron chi connectivity index (χ3n) is 3.53. The molecule has 1 fully saturated rings. The van der Waals surface area contributed by atoms with Crippen LogP contribution in [-0.2, 0) is 9.53 Å². The summed E-state index contributed by atoms with van der Waals surface area (Å²) in [6, 6.07) is 8.62. The molecule has 0 N–H and O–H groups in total. The Morgan fingerprint density at radius 1 is 1.22 bits per heavy atom. The van der Waals surface area contributed by atoms with Gasteiger partial charge in [0.2, 0.25) is 0 Å². The lowest BCUT2D eigenvalue weighted by atomic mass is 9.89. The fourth-order valence-electron chi connectivity index (χ4n) is 2.43. The molecular formula is C15H19IO2.